The molecule has 0 unspecified atom stereocenters. The molecule has 0 bridgehead atoms. The second kappa shape index (κ2) is 8.04. The number of hydrogen-bond donors (Lipinski definition) is 1. The van der Waals surface area contributed by atoms with Crippen molar-refractivity contribution in [2.45, 2.75) is 6.54 Å². The number of halogens is 1. The summed E-state index contributed by atoms with van der Waals surface area (Å²) in [5.41, 5.74) is 1.92. The summed E-state index contributed by atoms with van der Waals surface area (Å²) in [6.45, 7) is 0.0632. The van der Waals surface area contributed by atoms with Crippen LogP contribution in [0.15, 0.2) is 54.6 Å². The maximum Gasteiger partial charge on any atom is 0.232 e. The molecule has 1 N–H and O–H groups in total. The normalized spacial score (nSPS) is 11.2. The van der Waals surface area contributed by atoms with Crippen molar-refractivity contribution in [1.82, 2.24) is 10.2 Å². The molecule has 0 spiro atoms. The van der Waals surface area contributed by atoms with E-state index in [1.165, 1.54) is 18.2 Å². The van der Waals surface area contributed by atoms with Gasteiger partial charge in [-0.2, -0.15) is 0 Å². The highest BCUT2D eigenvalue weighted by Gasteiger charge is 2.22. The van der Waals surface area contributed by atoms with E-state index in [4.69, 9.17) is 16.3 Å². The molecule has 1 heterocycles. The molecular formula is C19H18ClN3O4S. The van der Waals surface area contributed by atoms with Crippen molar-refractivity contribution < 1.29 is 18.3 Å². The molecule has 0 saturated carbocycles. The molecule has 2 aromatic carbocycles. The molecule has 28 heavy (non-hydrogen) atoms. The molecule has 7 nitrogen and oxygen atoms in total. The number of benzene rings is 2. The summed E-state index contributed by atoms with van der Waals surface area (Å²) in [5.74, 6) is 0.735. The van der Waals surface area contributed by atoms with Gasteiger partial charge < -0.3 is 9.84 Å². The number of anilines is 1. The Bertz CT molecular complexity index is 1090. The molecule has 0 saturated heterocycles. The maximum absolute atomic E-state index is 12.5. The van der Waals surface area contributed by atoms with Crippen LogP contribution in [-0.2, 0) is 16.6 Å². The number of nitrogens with zero attached hydrogens (tertiary/aromatic N) is 3. The van der Waals surface area contributed by atoms with Crippen LogP contribution in [0.25, 0.3) is 11.3 Å². The molecule has 0 atom stereocenters. The van der Waals surface area contributed by atoms with E-state index in [1.807, 2.05) is 0 Å². The number of aromatic hydroxyl groups is 1. The topological polar surface area (TPSA) is 92.6 Å². The van der Waals surface area contributed by atoms with Crippen LogP contribution in [0.4, 0.5) is 5.69 Å². The number of hydrogen-bond acceptors (Lipinski definition) is 6. The zero-order valence-corrected chi connectivity index (χ0v) is 16.8. The number of aromatic nitrogens is 2. The molecule has 0 aliphatic heterocycles. The molecule has 0 aliphatic rings. The molecular weight excluding hydrogens is 402 g/mol. The van der Waals surface area contributed by atoms with Gasteiger partial charge in [0.05, 0.1) is 31.3 Å². The van der Waals surface area contributed by atoms with Crippen molar-refractivity contribution in [3.8, 4) is 22.8 Å². The van der Waals surface area contributed by atoms with Crippen molar-refractivity contribution in [3.63, 3.8) is 0 Å². The van der Waals surface area contributed by atoms with Crippen LogP contribution in [0.1, 0.15) is 5.56 Å². The minimum absolute atomic E-state index is 0.0390. The molecule has 0 aliphatic carbocycles. The lowest BCUT2D eigenvalue weighted by Crippen LogP contribution is -2.30. The van der Waals surface area contributed by atoms with Crippen LogP contribution >= 0.6 is 11.6 Å². The summed E-state index contributed by atoms with van der Waals surface area (Å²) >= 11 is 6.18. The Balaban J connectivity index is 2.03. The average molecular weight is 420 g/mol. The Labute approximate surface area is 168 Å². The van der Waals surface area contributed by atoms with E-state index < -0.39 is 10.0 Å². The maximum atomic E-state index is 12.5. The van der Waals surface area contributed by atoms with E-state index in [9.17, 15) is 13.5 Å². The van der Waals surface area contributed by atoms with Crippen molar-refractivity contribution in [2.75, 3.05) is 17.7 Å². The zero-order valence-electron chi connectivity index (χ0n) is 15.2. The number of sulfonamides is 1. The van der Waals surface area contributed by atoms with Gasteiger partial charge in [-0.25, -0.2) is 8.42 Å². The first-order valence-corrected chi connectivity index (χ1v) is 10.4. The Kier molecular flexibility index (Phi) is 5.71. The van der Waals surface area contributed by atoms with Crippen LogP contribution in [0.2, 0.25) is 5.15 Å². The molecule has 9 heteroatoms. The van der Waals surface area contributed by atoms with E-state index >= 15 is 0 Å². The van der Waals surface area contributed by atoms with E-state index in [0.29, 0.717) is 17.0 Å². The third-order valence-corrected chi connectivity index (χ3v) is 5.42. The lowest BCUT2D eigenvalue weighted by atomic mass is 10.1. The van der Waals surface area contributed by atoms with E-state index in [1.54, 1.807) is 43.5 Å². The first-order chi connectivity index (χ1) is 13.3. The Morgan fingerprint density at radius 2 is 1.82 bits per heavy atom. The minimum atomic E-state index is -3.66. The Morgan fingerprint density at radius 1 is 1.11 bits per heavy atom. The zero-order chi connectivity index (χ0) is 20.3. The minimum Gasteiger partial charge on any atom is -0.508 e. The molecule has 0 radical (unpaired) electrons. The molecule has 3 aromatic rings. The summed E-state index contributed by atoms with van der Waals surface area (Å²) < 4.78 is 31.2. The molecule has 146 valence electrons. The first-order valence-electron chi connectivity index (χ1n) is 8.21. The fourth-order valence-corrected chi connectivity index (χ4v) is 3.75. The number of phenols is 1. The largest absolute Gasteiger partial charge is 0.508 e. The first kappa shape index (κ1) is 19.9. The standard InChI is InChI=1S/C19H18ClN3O4S/c1-27-16-8-6-13(7-9-16)12-23(28(2,25)26)18-11-17(21-22-19(18)20)14-4-3-5-15(24)10-14/h3-11,24H,12H2,1-2H3. The second-order valence-corrected chi connectivity index (χ2v) is 8.34. The van der Waals surface area contributed by atoms with Gasteiger partial charge in [0, 0.05) is 5.56 Å². The second-order valence-electron chi connectivity index (χ2n) is 6.07. The third-order valence-electron chi connectivity index (χ3n) is 4.03. The van der Waals surface area contributed by atoms with Gasteiger partial charge in [-0.3, -0.25) is 4.31 Å². The average Bonchev–Trinajstić information content (AvgIpc) is 2.66. The summed E-state index contributed by atoms with van der Waals surface area (Å²) in [4.78, 5) is 0. The summed E-state index contributed by atoms with van der Waals surface area (Å²) in [6.07, 6.45) is 1.10. The molecule has 0 amide bonds. The van der Waals surface area contributed by atoms with Gasteiger partial charge in [0.25, 0.3) is 0 Å². The fraction of sp³-hybridized carbons (Fsp3) is 0.158. The van der Waals surface area contributed by atoms with Gasteiger partial charge >= 0.3 is 0 Å². The van der Waals surface area contributed by atoms with Crippen LogP contribution < -0.4 is 9.04 Å². The van der Waals surface area contributed by atoms with Crippen LogP contribution in [0, 0.1) is 0 Å². The predicted molar refractivity (Wildman–Crippen MR) is 108 cm³/mol. The van der Waals surface area contributed by atoms with Crippen LogP contribution in [0.3, 0.4) is 0 Å². The van der Waals surface area contributed by atoms with Gasteiger partial charge in [-0.05, 0) is 35.9 Å². The summed E-state index contributed by atoms with van der Waals surface area (Å²) in [6, 6.07) is 15.0. The lowest BCUT2D eigenvalue weighted by Gasteiger charge is -2.23. The third kappa shape index (κ3) is 4.52. The van der Waals surface area contributed by atoms with Gasteiger partial charge in [0.1, 0.15) is 11.5 Å². The molecule has 0 fully saturated rings. The fourth-order valence-electron chi connectivity index (χ4n) is 2.63. The Hall–Kier alpha value is -2.84. The lowest BCUT2D eigenvalue weighted by molar-refractivity contribution is 0.414. The monoisotopic (exact) mass is 419 g/mol. The van der Waals surface area contributed by atoms with Gasteiger partial charge in [-0.15, -0.1) is 10.2 Å². The highest BCUT2D eigenvalue weighted by molar-refractivity contribution is 7.92. The van der Waals surface area contributed by atoms with Crippen molar-refractivity contribution >= 4 is 27.3 Å². The van der Waals surface area contributed by atoms with Crippen LogP contribution in [-0.4, -0.2) is 37.1 Å². The quantitative estimate of drug-likeness (QED) is 0.657. The van der Waals surface area contributed by atoms with Gasteiger partial charge in [0.2, 0.25) is 10.0 Å². The van der Waals surface area contributed by atoms with Crippen molar-refractivity contribution in [1.29, 1.82) is 0 Å². The van der Waals surface area contributed by atoms with Crippen LogP contribution in [0.5, 0.6) is 11.5 Å². The van der Waals surface area contributed by atoms with Crippen molar-refractivity contribution in [3.05, 3.63) is 65.3 Å². The van der Waals surface area contributed by atoms with E-state index in [2.05, 4.69) is 10.2 Å². The van der Waals surface area contributed by atoms with Gasteiger partial charge in [0.15, 0.2) is 5.15 Å². The number of ether oxygens (including phenoxy) is 1. The van der Waals surface area contributed by atoms with E-state index in [-0.39, 0.29) is 23.1 Å². The molecule has 1 aromatic heterocycles. The number of methoxy groups -OCH3 is 1. The SMILES string of the molecule is COc1ccc(CN(c2cc(-c3cccc(O)c3)nnc2Cl)S(C)(=O)=O)cc1. The summed E-state index contributed by atoms with van der Waals surface area (Å²) in [5, 5.41) is 17.6. The Morgan fingerprint density at radius 3 is 2.43 bits per heavy atom. The summed E-state index contributed by atoms with van der Waals surface area (Å²) in [7, 11) is -2.10. The number of phenolic OH excluding ortho intramolecular Hbond substituents is 1. The highest BCUT2D eigenvalue weighted by atomic mass is 35.5. The smallest absolute Gasteiger partial charge is 0.232 e. The molecule has 3 rings (SSSR count). The number of rotatable bonds is 6. The predicted octanol–water partition coefficient (Wildman–Crippen LogP) is 3.48. The highest BCUT2D eigenvalue weighted by Crippen LogP contribution is 2.31. The van der Waals surface area contributed by atoms with Gasteiger partial charge in [-0.1, -0.05) is 35.9 Å². The van der Waals surface area contributed by atoms with E-state index in [0.717, 1.165) is 16.1 Å². The van der Waals surface area contributed by atoms with Crippen molar-refractivity contribution in [2.24, 2.45) is 0 Å².